The van der Waals surface area contributed by atoms with Gasteiger partial charge in [-0.25, -0.2) is 0 Å². The fraction of sp³-hybridized carbons (Fsp3) is 0.444. The molecule has 0 aliphatic rings. The van der Waals surface area contributed by atoms with Crippen molar-refractivity contribution in [1.29, 1.82) is 0 Å². The fourth-order valence-electron chi connectivity index (χ4n) is 0.973. The summed E-state index contributed by atoms with van der Waals surface area (Å²) in [4.78, 5) is 10.4. The van der Waals surface area contributed by atoms with E-state index in [0.717, 1.165) is 17.8 Å². The minimum atomic E-state index is -0.504. The van der Waals surface area contributed by atoms with Gasteiger partial charge >= 0.3 is 0 Å². The van der Waals surface area contributed by atoms with E-state index in [0.29, 0.717) is 0 Å². The van der Waals surface area contributed by atoms with Gasteiger partial charge in [0.05, 0.1) is 5.38 Å². The van der Waals surface area contributed by atoms with Gasteiger partial charge < -0.3 is 9.21 Å². The Morgan fingerprint density at radius 2 is 2.25 bits per heavy atom. The van der Waals surface area contributed by atoms with Gasteiger partial charge in [-0.3, -0.25) is 0 Å². The quantitative estimate of drug-likeness (QED) is 0.536. The molecule has 1 aromatic heterocycles. The van der Waals surface area contributed by atoms with Crippen molar-refractivity contribution in [2.45, 2.75) is 25.1 Å². The van der Waals surface area contributed by atoms with Gasteiger partial charge in [-0.15, -0.1) is 11.6 Å². The van der Waals surface area contributed by atoms with E-state index in [2.05, 4.69) is 0 Å². The van der Waals surface area contributed by atoms with Crippen LogP contribution >= 0.6 is 11.6 Å². The third kappa shape index (κ3) is 1.89. The van der Waals surface area contributed by atoms with Crippen molar-refractivity contribution in [3.05, 3.63) is 23.7 Å². The Balaban J connectivity index is 2.77. The normalized spacial score (nSPS) is 15.6. The van der Waals surface area contributed by atoms with E-state index in [4.69, 9.17) is 16.0 Å². The monoisotopic (exact) mass is 186 g/mol. The van der Waals surface area contributed by atoms with Crippen molar-refractivity contribution < 1.29 is 9.21 Å². The number of rotatable bonds is 3. The number of carbonyl (C=O) groups is 1. The van der Waals surface area contributed by atoms with Crippen molar-refractivity contribution in [2.75, 3.05) is 0 Å². The summed E-state index contributed by atoms with van der Waals surface area (Å²) < 4.78 is 5.32. The second-order valence-corrected chi connectivity index (χ2v) is 3.32. The maximum absolute atomic E-state index is 10.4. The molecule has 0 N–H and O–H groups in total. The highest BCUT2D eigenvalue weighted by molar-refractivity contribution is 6.28. The standard InChI is InChI=1S/C9H11ClO2/c1-6-3-4-9(12-6)7(2)8(10)5-11/h3-5,7-8H,1-2H3/t7-,8-/m1/s1. The lowest BCUT2D eigenvalue weighted by Crippen LogP contribution is -2.09. The first-order valence-corrected chi connectivity index (χ1v) is 4.24. The van der Waals surface area contributed by atoms with E-state index in [1.165, 1.54) is 0 Å². The molecule has 66 valence electrons. The van der Waals surface area contributed by atoms with Crippen LogP contribution in [0.1, 0.15) is 24.4 Å². The number of aryl methyl sites for hydroxylation is 1. The van der Waals surface area contributed by atoms with E-state index in [9.17, 15) is 4.79 Å². The van der Waals surface area contributed by atoms with Crippen LogP contribution in [0.5, 0.6) is 0 Å². The molecule has 0 saturated carbocycles. The lowest BCUT2D eigenvalue weighted by atomic mass is 10.1. The Morgan fingerprint density at radius 3 is 2.67 bits per heavy atom. The van der Waals surface area contributed by atoms with Crippen LogP contribution in [0.15, 0.2) is 16.5 Å². The number of hydrogen-bond donors (Lipinski definition) is 0. The van der Waals surface area contributed by atoms with Gasteiger partial charge in [-0.1, -0.05) is 6.92 Å². The van der Waals surface area contributed by atoms with Crippen molar-refractivity contribution >= 4 is 17.9 Å². The second kappa shape index (κ2) is 3.76. The number of alkyl halides is 1. The number of furan rings is 1. The van der Waals surface area contributed by atoms with Crippen molar-refractivity contribution in [2.24, 2.45) is 0 Å². The number of carbonyl (C=O) groups excluding carboxylic acids is 1. The SMILES string of the molecule is Cc1ccc([C@H](C)[C@H](Cl)C=O)o1. The third-order valence-corrected chi connectivity index (χ3v) is 2.30. The molecule has 0 aliphatic heterocycles. The molecule has 0 spiro atoms. The molecular formula is C9H11ClO2. The van der Waals surface area contributed by atoms with Crippen molar-refractivity contribution in [1.82, 2.24) is 0 Å². The van der Waals surface area contributed by atoms with Crippen LogP contribution in [-0.4, -0.2) is 11.7 Å². The minimum Gasteiger partial charge on any atom is -0.466 e. The predicted octanol–water partition coefficient (Wildman–Crippen LogP) is 2.50. The minimum absolute atomic E-state index is 0.0575. The van der Waals surface area contributed by atoms with E-state index in [1.807, 2.05) is 26.0 Å². The van der Waals surface area contributed by atoms with Crippen LogP contribution < -0.4 is 0 Å². The molecule has 0 aliphatic carbocycles. The summed E-state index contributed by atoms with van der Waals surface area (Å²) in [5.41, 5.74) is 0. The zero-order valence-electron chi connectivity index (χ0n) is 7.08. The van der Waals surface area contributed by atoms with Gasteiger partial charge in [0.2, 0.25) is 0 Å². The van der Waals surface area contributed by atoms with E-state index in [1.54, 1.807) is 0 Å². The molecule has 2 atom stereocenters. The highest BCUT2D eigenvalue weighted by atomic mass is 35.5. The Morgan fingerprint density at radius 1 is 1.58 bits per heavy atom. The van der Waals surface area contributed by atoms with Crippen LogP contribution in [0.25, 0.3) is 0 Å². The molecule has 12 heavy (non-hydrogen) atoms. The number of aldehydes is 1. The topological polar surface area (TPSA) is 30.2 Å². The summed E-state index contributed by atoms with van der Waals surface area (Å²) in [5.74, 6) is 1.55. The average Bonchev–Trinajstić information content (AvgIpc) is 2.49. The largest absolute Gasteiger partial charge is 0.466 e. The molecule has 0 unspecified atom stereocenters. The molecule has 1 rings (SSSR count). The second-order valence-electron chi connectivity index (χ2n) is 2.82. The molecule has 0 amide bonds. The summed E-state index contributed by atoms with van der Waals surface area (Å²) in [6, 6.07) is 3.71. The summed E-state index contributed by atoms with van der Waals surface area (Å²) in [7, 11) is 0. The summed E-state index contributed by atoms with van der Waals surface area (Å²) in [6.45, 7) is 3.73. The first-order chi connectivity index (χ1) is 5.65. The van der Waals surface area contributed by atoms with Crippen LogP contribution in [0, 0.1) is 6.92 Å². The van der Waals surface area contributed by atoms with Crippen LogP contribution in [0.4, 0.5) is 0 Å². The Labute approximate surface area is 76.5 Å². The smallest absolute Gasteiger partial charge is 0.138 e. The molecule has 0 saturated heterocycles. The van der Waals surface area contributed by atoms with Gasteiger partial charge in [0.15, 0.2) is 0 Å². The van der Waals surface area contributed by atoms with Gasteiger partial charge in [0, 0.05) is 5.92 Å². The molecular weight excluding hydrogens is 176 g/mol. The van der Waals surface area contributed by atoms with Gasteiger partial charge in [0.1, 0.15) is 17.8 Å². The third-order valence-electron chi connectivity index (χ3n) is 1.82. The lowest BCUT2D eigenvalue weighted by molar-refractivity contribution is -0.107. The Kier molecular flexibility index (Phi) is 2.93. The Bertz CT molecular complexity index is 267. The molecule has 0 radical (unpaired) electrons. The zero-order valence-corrected chi connectivity index (χ0v) is 7.84. The molecule has 2 nitrogen and oxygen atoms in total. The molecule has 0 bridgehead atoms. The summed E-state index contributed by atoms with van der Waals surface area (Å²) in [6.07, 6.45) is 0.726. The number of hydrogen-bond acceptors (Lipinski definition) is 2. The highest BCUT2D eigenvalue weighted by Gasteiger charge is 2.18. The van der Waals surface area contributed by atoms with E-state index < -0.39 is 5.38 Å². The zero-order chi connectivity index (χ0) is 9.14. The molecule has 0 fully saturated rings. The fourth-order valence-corrected chi connectivity index (χ4v) is 1.10. The first-order valence-electron chi connectivity index (χ1n) is 3.81. The van der Waals surface area contributed by atoms with E-state index >= 15 is 0 Å². The van der Waals surface area contributed by atoms with Crippen LogP contribution in [0.3, 0.4) is 0 Å². The number of halogens is 1. The average molecular weight is 187 g/mol. The summed E-state index contributed by atoms with van der Waals surface area (Å²) in [5, 5.41) is -0.504. The molecule has 1 aromatic rings. The van der Waals surface area contributed by atoms with Crippen LogP contribution in [-0.2, 0) is 4.79 Å². The Hall–Kier alpha value is -0.760. The molecule has 1 heterocycles. The molecule has 0 aromatic carbocycles. The maximum atomic E-state index is 10.4. The summed E-state index contributed by atoms with van der Waals surface area (Å²) >= 11 is 5.73. The lowest BCUT2D eigenvalue weighted by Gasteiger charge is -2.08. The molecule has 3 heteroatoms. The van der Waals surface area contributed by atoms with Gasteiger partial charge in [-0.2, -0.15) is 0 Å². The van der Waals surface area contributed by atoms with Crippen molar-refractivity contribution in [3.8, 4) is 0 Å². The van der Waals surface area contributed by atoms with Gasteiger partial charge in [0.25, 0.3) is 0 Å². The van der Waals surface area contributed by atoms with E-state index in [-0.39, 0.29) is 5.92 Å². The maximum Gasteiger partial charge on any atom is 0.138 e. The van der Waals surface area contributed by atoms with Crippen LogP contribution in [0.2, 0.25) is 0 Å². The highest BCUT2D eigenvalue weighted by Crippen LogP contribution is 2.23. The van der Waals surface area contributed by atoms with Gasteiger partial charge in [-0.05, 0) is 19.1 Å². The first kappa shape index (κ1) is 9.33. The van der Waals surface area contributed by atoms with Crippen molar-refractivity contribution in [3.63, 3.8) is 0 Å². The predicted molar refractivity (Wildman–Crippen MR) is 47.6 cm³/mol.